The van der Waals surface area contributed by atoms with Gasteiger partial charge in [0.25, 0.3) is 0 Å². The highest BCUT2D eigenvalue weighted by Gasteiger charge is 2.23. The Bertz CT molecular complexity index is 638. The molecule has 0 aliphatic carbocycles. The number of rotatable bonds is 4. The summed E-state index contributed by atoms with van der Waals surface area (Å²) < 4.78 is 4.91. The molecule has 0 heterocycles. The fourth-order valence-electron chi connectivity index (χ4n) is 2.16. The Labute approximate surface area is 129 Å². The number of aryl methyl sites for hydroxylation is 2. The van der Waals surface area contributed by atoms with Gasteiger partial charge in [-0.3, -0.25) is 0 Å². The van der Waals surface area contributed by atoms with Gasteiger partial charge in [-0.2, -0.15) is 0 Å². The molecular formula is C17H18ClNO2. The maximum Gasteiger partial charge on any atom is 0.332 e. The van der Waals surface area contributed by atoms with Gasteiger partial charge < -0.3 is 10.1 Å². The fraction of sp³-hybridized carbons (Fsp3) is 0.235. The number of methoxy groups -OCH3 is 1. The van der Waals surface area contributed by atoms with Gasteiger partial charge in [0.2, 0.25) is 0 Å². The summed E-state index contributed by atoms with van der Waals surface area (Å²) >= 11 is 5.98. The molecule has 0 aromatic heterocycles. The lowest BCUT2D eigenvalue weighted by molar-refractivity contribution is -0.141. The molecule has 0 fully saturated rings. The second-order valence-electron chi connectivity index (χ2n) is 4.97. The van der Waals surface area contributed by atoms with Gasteiger partial charge in [0.1, 0.15) is 0 Å². The Morgan fingerprint density at radius 2 is 1.81 bits per heavy atom. The third kappa shape index (κ3) is 3.76. The SMILES string of the molecule is COC(=O)C(Nc1ccc(C)cc1)c1ccc(Cl)cc1C. The first-order valence-corrected chi connectivity index (χ1v) is 7.06. The second kappa shape index (κ2) is 6.64. The highest BCUT2D eigenvalue weighted by molar-refractivity contribution is 6.30. The molecule has 0 saturated heterocycles. The Balaban J connectivity index is 2.34. The van der Waals surface area contributed by atoms with E-state index in [0.717, 1.165) is 22.4 Å². The van der Waals surface area contributed by atoms with Gasteiger partial charge in [-0.25, -0.2) is 4.79 Å². The molecule has 1 unspecified atom stereocenters. The van der Waals surface area contributed by atoms with Crippen LogP contribution in [0.1, 0.15) is 22.7 Å². The smallest absolute Gasteiger partial charge is 0.332 e. The Kier molecular flexibility index (Phi) is 4.86. The minimum Gasteiger partial charge on any atom is -0.467 e. The summed E-state index contributed by atoms with van der Waals surface area (Å²) in [5.74, 6) is -0.332. The number of benzene rings is 2. The maximum absolute atomic E-state index is 12.1. The van der Waals surface area contributed by atoms with E-state index < -0.39 is 6.04 Å². The van der Waals surface area contributed by atoms with Crippen LogP contribution in [-0.4, -0.2) is 13.1 Å². The molecule has 1 N–H and O–H groups in total. The molecule has 0 saturated carbocycles. The van der Waals surface area contributed by atoms with Gasteiger partial charge in [-0.05, 0) is 49.2 Å². The van der Waals surface area contributed by atoms with E-state index in [4.69, 9.17) is 16.3 Å². The summed E-state index contributed by atoms with van der Waals surface area (Å²) in [5, 5.41) is 3.86. The van der Waals surface area contributed by atoms with E-state index in [2.05, 4.69) is 5.32 Å². The largest absolute Gasteiger partial charge is 0.467 e. The number of ether oxygens (including phenoxy) is 1. The van der Waals surface area contributed by atoms with Gasteiger partial charge in [-0.15, -0.1) is 0 Å². The fourth-order valence-corrected chi connectivity index (χ4v) is 2.39. The zero-order valence-corrected chi connectivity index (χ0v) is 13.1. The summed E-state index contributed by atoms with van der Waals surface area (Å²) in [6, 6.07) is 12.8. The van der Waals surface area contributed by atoms with Gasteiger partial charge in [0, 0.05) is 10.7 Å². The Morgan fingerprint density at radius 3 is 2.38 bits per heavy atom. The van der Waals surface area contributed by atoms with Gasteiger partial charge in [-0.1, -0.05) is 35.4 Å². The molecule has 0 aliphatic heterocycles. The van der Waals surface area contributed by atoms with Crippen molar-refractivity contribution in [1.82, 2.24) is 0 Å². The van der Waals surface area contributed by atoms with Gasteiger partial charge in [0.05, 0.1) is 7.11 Å². The number of carbonyl (C=O) groups is 1. The third-order valence-corrected chi connectivity index (χ3v) is 3.58. The minimum atomic E-state index is -0.560. The minimum absolute atomic E-state index is 0.332. The van der Waals surface area contributed by atoms with Crippen LogP contribution in [0.3, 0.4) is 0 Å². The monoisotopic (exact) mass is 303 g/mol. The summed E-state index contributed by atoms with van der Waals surface area (Å²) in [4.78, 5) is 12.1. The predicted octanol–water partition coefficient (Wildman–Crippen LogP) is 4.28. The van der Waals surface area contributed by atoms with Gasteiger partial charge >= 0.3 is 5.97 Å². The highest BCUT2D eigenvalue weighted by atomic mass is 35.5. The van der Waals surface area contributed by atoms with Crippen LogP contribution in [0.2, 0.25) is 5.02 Å². The van der Waals surface area contributed by atoms with Crippen LogP contribution in [0.5, 0.6) is 0 Å². The van der Waals surface area contributed by atoms with Crippen LogP contribution in [0.4, 0.5) is 5.69 Å². The third-order valence-electron chi connectivity index (χ3n) is 3.34. The highest BCUT2D eigenvalue weighted by Crippen LogP contribution is 2.26. The average molecular weight is 304 g/mol. The molecule has 4 heteroatoms. The van der Waals surface area contributed by atoms with Crippen molar-refractivity contribution in [2.24, 2.45) is 0 Å². The summed E-state index contributed by atoms with van der Waals surface area (Å²) in [6.45, 7) is 3.94. The van der Waals surface area contributed by atoms with Gasteiger partial charge in [0.15, 0.2) is 6.04 Å². The summed E-state index contributed by atoms with van der Waals surface area (Å²) in [6.07, 6.45) is 0. The van der Waals surface area contributed by atoms with Crippen LogP contribution in [-0.2, 0) is 9.53 Å². The number of hydrogen-bond acceptors (Lipinski definition) is 3. The van der Waals surface area contributed by atoms with Crippen molar-refractivity contribution >= 4 is 23.3 Å². The second-order valence-corrected chi connectivity index (χ2v) is 5.40. The van der Waals surface area contributed by atoms with Crippen molar-refractivity contribution in [2.75, 3.05) is 12.4 Å². The summed E-state index contributed by atoms with van der Waals surface area (Å²) in [7, 11) is 1.39. The lowest BCUT2D eigenvalue weighted by atomic mass is 10.0. The van der Waals surface area contributed by atoms with Crippen molar-refractivity contribution in [3.05, 3.63) is 64.2 Å². The van der Waals surface area contributed by atoms with E-state index in [-0.39, 0.29) is 5.97 Å². The number of esters is 1. The number of nitrogens with one attached hydrogen (secondary N) is 1. The van der Waals surface area contributed by atoms with Crippen LogP contribution in [0.15, 0.2) is 42.5 Å². The molecule has 2 aromatic rings. The summed E-state index contributed by atoms with van der Waals surface area (Å²) in [5.41, 5.74) is 3.83. The molecule has 0 spiro atoms. The van der Waals surface area contributed by atoms with Crippen molar-refractivity contribution in [2.45, 2.75) is 19.9 Å². The quantitative estimate of drug-likeness (QED) is 0.857. The maximum atomic E-state index is 12.1. The number of carbonyl (C=O) groups excluding carboxylic acids is 1. The van der Waals surface area contributed by atoms with E-state index in [0.29, 0.717) is 5.02 Å². The van der Waals surface area contributed by atoms with E-state index in [1.807, 2.05) is 50.2 Å². The molecule has 110 valence electrons. The molecule has 0 radical (unpaired) electrons. The average Bonchev–Trinajstić information content (AvgIpc) is 2.47. The molecule has 0 bridgehead atoms. The molecule has 3 nitrogen and oxygen atoms in total. The number of anilines is 1. The van der Waals surface area contributed by atoms with Crippen LogP contribution >= 0.6 is 11.6 Å². The van der Waals surface area contributed by atoms with Crippen molar-refractivity contribution < 1.29 is 9.53 Å². The molecule has 2 aromatic carbocycles. The van der Waals surface area contributed by atoms with Crippen LogP contribution in [0, 0.1) is 13.8 Å². The molecule has 0 aliphatic rings. The first kappa shape index (κ1) is 15.4. The van der Waals surface area contributed by atoms with Crippen LogP contribution in [0.25, 0.3) is 0 Å². The predicted molar refractivity (Wildman–Crippen MR) is 85.7 cm³/mol. The molecule has 1 atom stereocenters. The lowest BCUT2D eigenvalue weighted by Gasteiger charge is -2.20. The van der Waals surface area contributed by atoms with Crippen molar-refractivity contribution in [3.8, 4) is 0 Å². The van der Waals surface area contributed by atoms with Crippen molar-refractivity contribution in [3.63, 3.8) is 0 Å². The lowest BCUT2D eigenvalue weighted by Crippen LogP contribution is -2.23. The van der Waals surface area contributed by atoms with Crippen molar-refractivity contribution in [1.29, 1.82) is 0 Å². The normalized spacial score (nSPS) is 11.8. The zero-order valence-electron chi connectivity index (χ0n) is 12.3. The Hall–Kier alpha value is -2.00. The first-order chi connectivity index (χ1) is 10.0. The number of halogens is 1. The number of hydrogen-bond donors (Lipinski definition) is 1. The Morgan fingerprint density at radius 1 is 1.14 bits per heavy atom. The first-order valence-electron chi connectivity index (χ1n) is 6.68. The molecular weight excluding hydrogens is 286 g/mol. The topological polar surface area (TPSA) is 38.3 Å². The molecule has 0 amide bonds. The molecule has 2 rings (SSSR count). The van der Waals surface area contributed by atoms with E-state index in [1.54, 1.807) is 6.07 Å². The molecule has 21 heavy (non-hydrogen) atoms. The van der Waals surface area contributed by atoms with E-state index >= 15 is 0 Å². The van der Waals surface area contributed by atoms with E-state index in [9.17, 15) is 4.79 Å². The standard InChI is InChI=1S/C17H18ClNO2/c1-11-4-7-14(8-5-11)19-16(17(20)21-3)15-9-6-13(18)10-12(15)2/h4-10,16,19H,1-3H3. The van der Waals surface area contributed by atoms with Crippen LogP contribution < -0.4 is 5.32 Å². The van der Waals surface area contributed by atoms with E-state index in [1.165, 1.54) is 7.11 Å². The zero-order chi connectivity index (χ0) is 15.4.